The zero-order valence-corrected chi connectivity index (χ0v) is 19.6. The summed E-state index contributed by atoms with van der Waals surface area (Å²) in [6.45, 7) is 2.57. The molecule has 1 aliphatic heterocycles. The summed E-state index contributed by atoms with van der Waals surface area (Å²) in [5.41, 5.74) is 4.05. The van der Waals surface area contributed by atoms with Gasteiger partial charge in [-0.05, 0) is 64.4 Å². The fourth-order valence-corrected chi connectivity index (χ4v) is 4.68. The Morgan fingerprint density at radius 3 is 2.53 bits per heavy atom. The first kappa shape index (κ1) is 22.0. The maximum atomic E-state index is 12.6. The van der Waals surface area contributed by atoms with E-state index in [9.17, 15) is 4.79 Å². The highest BCUT2D eigenvalue weighted by Crippen LogP contribution is 2.31. The van der Waals surface area contributed by atoms with Gasteiger partial charge in [0, 0.05) is 5.56 Å². The number of aliphatic imine (C=N–C) groups is 1. The molecule has 0 atom stereocenters. The normalized spacial score (nSPS) is 15.7. The maximum Gasteiger partial charge on any atom is 0.264 e. The minimum atomic E-state index is -0.155. The Labute approximate surface area is 203 Å². The number of para-hydroxylation sites is 1. The molecule has 1 N–H and O–H groups in total. The molecule has 0 bridgehead atoms. The predicted molar refractivity (Wildman–Crippen MR) is 141 cm³/mol. The van der Waals surface area contributed by atoms with Crippen molar-refractivity contribution in [3.8, 4) is 5.75 Å². The summed E-state index contributed by atoms with van der Waals surface area (Å²) in [5.74, 6) is 0.578. The zero-order chi connectivity index (χ0) is 23.3. The summed E-state index contributed by atoms with van der Waals surface area (Å²) in [6, 6.07) is 30.3. The molecule has 4 nitrogen and oxygen atoms in total. The Hall–Kier alpha value is -3.83. The molecule has 5 rings (SSSR count). The fraction of sp³-hybridized carbons (Fsp3) is 0.103. The van der Waals surface area contributed by atoms with Crippen molar-refractivity contribution in [2.24, 2.45) is 4.99 Å². The van der Waals surface area contributed by atoms with Crippen LogP contribution in [0.3, 0.4) is 0 Å². The van der Waals surface area contributed by atoms with Crippen LogP contribution in [-0.4, -0.2) is 11.1 Å². The van der Waals surface area contributed by atoms with Gasteiger partial charge in [-0.3, -0.25) is 4.79 Å². The molecule has 1 saturated heterocycles. The molecular weight excluding hydrogens is 440 g/mol. The number of rotatable bonds is 6. The van der Waals surface area contributed by atoms with Crippen molar-refractivity contribution in [2.75, 3.05) is 0 Å². The molecule has 1 amide bonds. The average Bonchev–Trinajstić information content (AvgIpc) is 3.22. The molecule has 168 valence electrons. The first-order valence-corrected chi connectivity index (χ1v) is 12.1. The molecule has 0 aromatic heterocycles. The number of hydrogen-bond donors (Lipinski definition) is 1. The molecule has 4 aromatic carbocycles. The maximum absolute atomic E-state index is 12.6. The Balaban J connectivity index is 1.35. The van der Waals surface area contributed by atoms with Crippen molar-refractivity contribution in [3.63, 3.8) is 0 Å². The first-order chi connectivity index (χ1) is 16.7. The van der Waals surface area contributed by atoms with Gasteiger partial charge in [0.15, 0.2) is 5.17 Å². The molecule has 0 unspecified atom stereocenters. The summed E-state index contributed by atoms with van der Waals surface area (Å²) < 4.78 is 6.21. The van der Waals surface area contributed by atoms with E-state index >= 15 is 0 Å². The number of hydrogen-bond acceptors (Lipinski definition) is 4. The van der Waals surface area contributed by atoms with Crippen molar-refractivity contribution in [2.45, 2.75) is 20.0 Å². The lowest BCUT2D eigenvalue weighted by Crippen LogP contribution is -2.19. The summed E-state index contributed by atoms with van der Waals surface area (Å²) in [5, 5.41) is 5.81. The van der Waals surface area contributed by atoms with Crippen LogP contribution in [0.25, 0.3) is 16.8 Å². The zero-order valence-electron chi connectivity index (χ0n) is 18.8. The van der Waals surface area contributed by atoms with Gasteiger partial charge in [-0.15, -0.1) is 0 Å². The second-order valence-electron chi connectivity index (χ2n) is 7.97. The summed E-state index contributed by atoms with van der Waals surface area (Å²) in [4.78, 5) is 17.8. The number of fused-ring (bicyclic) bond motifs is 1. The standard InChI is InChI=1S/C29H24N2O2S/c1-2-20-14-16-24(17-15-20)30-29-31-28(32)27(34-29)18-22-9-4-6-13-26(22)33-19-23-11-7-10-21-8-3-5-12-25(21)23/h3-18H,2,19H2,1H3,(H,30,31,32)/b27-18-. The van der Waals surface area contributed by atoms with E-state index in [1.165, 1.54) is 28.1 Å². The van der Waals surface area contributed by atoms with Crippen molar-refractivity contribution >= 4 is 45.4 Å². The van der Waals surface area contributed by atoms with Gasteiger partial charge in [0.1, 0.15) is 12.4 Å². The van der Waals surface area contributed by atoms with Gasteiger partial charge in [-0.2, -0.15) is 0 Å². The number of carbonyl (C=O) groups excluding carboxylic acids is 1. The van der Waals surface area contributed by atoms with Crippen LogP contribution >= 0.6 is 11.8 Å². The number of nitrogens with zero attached hydrogens (tertiary/aromatic N) is 1. The van der Waals surface area contributed by atoms with Gasteiger partial charge < -0.3 is 10.1 Å². The minimum absolute atomic E-state index is 0.155. The van der Waals surface area contributed by atoms with Crippen molar-refractivity contribution < 1.29 is 9.53 Å². The van der Waals surface area contributed by atoms with Crippen LogP contribution in [0.4, 0.5) is 5.69 Å². The molecule has 0 aliphatic carbocycles. The van der Waals surface area contributed by atoms with Crippen LogP contribution in [0.1, 0.15) is 23.6 Å². The van der Waals surface area contributed by atoms with Gasteiger partial charge >= 0.3 is 0 Å². The number of amidine groups is 1. The highest BCUT2D eigenvalue weighted by atomic mass is 32.2. The van der Waals surface area contributed by atoms with E-state index in [0.717, 1.165) is 29.0 Å². The fourth-order valence-electron chi connectivity index (χ4n) is 3.85. The summed E-state index contributed by atoms with van der Waals surface area (Å²) in [7, 11) is 0. The van der Waals surface area contributed by atoms with E-state index < -0.39 is 0 Å². The monoisotopic (exact) mass is 464 g/mol. The number of ether oxygens (including phenoxy) is 1. The van der Waals surface area contributed by atoms with Crippen LogP contribution < -0.4 is 10.1 Å². The number of carbonyl (C=O) groups is 1. The van der Waals surface area contributed by atoms with Gasteiger partial charge in [0.25, 0.3) is 5.91 Å². The Morgan fingerprint density at radius 1 is 0.912 bits per heavy atom. The highest BCUT2D eigenvalue weighted by molar-refractivity contribution is 8.18. The lowest BCUT2D eigenvalue weighted by atomic mass is 10.1. The lowest BCUT2D eigenvalue weighted by molar-refractivity contribution is -0.115. The summed E-state index contributed by atoms with van der Waals surface area (Å²) in [6.07, 6.45) is 2.85. The van der Waals surface area contributed by atoms with Crippen LogP contribution in [-0.2, 0) is 17.8 Å². The van der Waals surface area contributed by atoms with Gasteiger partial charge in [0.05, 0.1) is 10.6 Å². The topological polar surface area (TPSA) is 50.7 Å². The lowest BCUT2D eigenvalue weighted by Gasteiger charge is -2.11. The smallest absolute Gasteiger partial charge is 0.264 e. The van der Waals surface area contributed by atoms with Crippen LogP contribution in [0.2, 0.25) is 0 Å². The summed E-state index contributed by atoms with van der Waals surface area (Å²) >= 11 is 1.34. The first-order valence-electron chi connectivity index (χ1n) is 11.3. The SMILES string of the molecule is CCc1ccc(N=C2NC(=O)/C(=C/c3ccccc3OCc3cccc4ccccc34)S2)cc1. The van der Waals surface area contributed by atoms with Gasteiger partial charge in [0.2, 0.25) is 0 Å². The molecule has 4 aromatic rings. The molecular formula is C29H24N2O2S. The van der Waals surface area contributed by atoms with Crippen molar-refractivity contribution in [1.82, 2.24) is 5.32 Å². The molecule has 5 heteroatoms. The quantitative estimate of drug-likeness (QED) is 0.317. The second kappa shape index (κ2) is 9.98. The third kappa shape index (κ3) is 4.90. The second-order valence-corrected chi connectivity index (χ2v) is 9.00. The molecule has 34 heavy (non-hydrogen) atoms. The van der Waals surface area contributed by atoms with Crippen molar-refractivity contribution in [1.29, 1.82) is 0 Å². The van der Waals surface area contributed by atoms with Gasteiger partial charge in [-0.1, -0.05) is 79.7 Å². The van der Waals surface area contributed by atoms with Gasteiger partial charge in [-0.25, -0.2) is 4.99 Å². The van der Waals surface area contributed by atoms with E-state index in [4.69, 9.17) is 4.74 Å². The van der Waals surface area contributed by atoms with E-state index in [1.54, 1.807) is 0 Å². The highest BCUT2D eigenvalue weighted by Gasteiger charge is 2.24. The molecule has 0 radical (unpaired) electrons. The van der Waals surface area contributed by atoms with E-state index in [2.05, 4.69) is 53.6 Å². The predicted octanol–water partition coefficient (Wildman–Crippen LogP) is 6.87. The molecule has 1 heterocycles. The Bertz CT molecular complexity index is 1400. The van der Waals surface area contributed by atoms with E-state index in [-0.39, 0.29) is 5.91 Å². The molecule has 0 spiro atoms. The molecule has 1 aliphatic rings. The van der Waals surface area contributed by atoms with Crippen LogP contribution in [0, 0.1) is 0 Å². The third-order valence-electron chi connectivity index (χ3n) is 5.69. The van der Waals surface area contributed by atoms with Crippen molar-refractivity contribution in [3.05, 3.63) is 113 Å². The van der Waals surface area contributed by atoms with Crippen LogP contribution in [0.15, 0.2) is 101 Å². The third-order valence-corrected chi connectivity index (χ3v) is 6.60. The number of thioether (sulfide) groups is 1. The molecule has 1 fully saturated rings. The van der Waals surface area contributed by atoms with E-state index in [0.29, 0.717) is 16.7 Å². The van der Waals surface area contributed by atoms with Crippen LogP contribution in [0.5, 0.6) is 5.75 Å². The molecule has 0 saturated carbocycles. The number of amides is 1. The number of aryl methyl sites for hydroxylation is 1. The minimum Gasteiger partial charge on any atom is -0.488 e. The number of benzene rings is 4. The Kier molecular flexibility index (Phi) is 6.45. The average molecular weight is 465 g/mol. The Morgan fingerprint density at radius 2 is 1.68 bits per heavy atom. The largest absolute Gasteiger partial charge is 0.488 e. The van der Waals surface area contributed by atoms with E-state index in [1.807, 2.05) is 60.7 Å². The number of nitrogens with one attached hydrogen (secondary N) is 1.